The number of rotatable bonds is 6. The topological polar surface area (TPSA) is 3.24 Å². The van der Waals surface area contributed by atoms with Crippen LogP contribution in [0.25, 0.3) is 0 Å². The average Bonchev–Trinajstić information content (AvgIpc) is 2.55. The van der Waals surface area contributed by atoms with Crippen molar-refractivity contribution in [3.8, 4) is 0 Å². The van der Waals surface area contributed by atoms with E-state index in [1.54, 1.807) is 0 Å². The van der Waals surface area contributed by atoms with Crippen LogP contribution in [0.4, 0.5) is 0 Å². The Morgan fingerprint density at radius 2 is 1.50 bits per heavy atom. The first kappa shape index (κ1) is 14.0. The maximum absolute atomic E-state index is 2.65. The molecule has 0 atom stereocenters. The second-order valence-electron chi connectivity index (χ2n) is 6.61. The van der Waals surface area contributed by atoms with Crippen molar-refractivity contribution in [2.24, 2.45) is 11.8 Å². The van der Waals surface area contributed by atoms with E-state index in [4.69, 9.17) is 0 Å². The number of hydrogen-bond acceptors (Lipinski definition) is 1. The van der Waals surface area contributed by atoms with Gasteiger partial charge in [0.1, 0.15) is 0 Å². The van der Waals surface area contributed by atoms with E-state index in [-0.39, 0.29) is 0 Å². The third kappa shape index (κ3) is 3.76. The van der Waals surface area contributed by atoms with Crippen LogP contribution in [-0.4, -0.2) is 24.0 Å². The van der Waals surface area contributed by atoms with E-state index in [2.05, 4.69) is 39.6 Å². The van der Waals surface area contributed by atoms with E-state index < -0.39 is 0 Å². The van der Waals surface area contributed by atoms with Gasteiger partial charge in [0.05, 0.1) is 0 Å². The van der Waals surface area contributed by atoms with Gasteiger partial charge in [-0.15, -0.1) is 0 Å². The summed E-state index contributed by atoms with van der Waals surface area (Å²) in [5, 5.41) is 0. The fourth-order valence-electron chi connectivity index (χ4n) is 2.94. The molecule has 0 unspecified atom stereocenters. The summed E-state index contributed by atoms with van der Waals surface area (Å²) < 4.78 is 0. The van der Waals surface area contributed by atoms with Crippen molar-refractivity contribution in [3.05, 3.63) is 0 Å². The van der Waals surface area contributed by atoms with Crippen molar-refractivity contribution in [1.29, 1.82) is 0 Å². The van der Waals surface area contributed by atoms with E-state index >= 15 is 0 Å². The van der Waals surface area contributed by atoms with Crippen LogP contribution in [0, 0.1) is 11.8 Å². The van der Waals surface area contributed by atoms with Gasteiger partial charge in [0, 0.05) is 5.54 Å². The van der Waals surface area contributed by atoms with Crippen molar-refractivity contribution >= 4 is 0 Å². The molecule has 0 N–H and O–H groups in total. The van der Waals surface area contributed by atoms with Crippen molar-refractivity contribution in [1.82, 2.24) is 4.90 Å². The Hall–Kier alpha value is -0.0400. The molecule has 0 radical (unpaired) electrons. The molecule has 1 saturated heterocycles. The Morgan fingerprint density at radius 1 is 1.00 bits per heavy atom. The van der Waals surface area contributed by atoms with Crippen LogP contribution < -0.4 is 0 Å². The highest BCUT2D eigenvalue weighted by Crippen LogP contribution is 2.38. The predicted octanol–water partition coefficient (Wildman–Crippen LogP) is 4.32. The molecular formula is C15H31N. The molecule has 1 aliphatic heterocycles. The minimum Gasteiger partial charge on any atom is -0.301 e. The summed E-state index contributed by atoms with van der Waals surface area (Å²) in [6, 6.07) is 0. The summed E-state index contributed by atoms with van der Waals surface area (Å²) in [6.45, 7) is 10.7. The lowest BCUT2D eigenvalue weighted by atomic mass is 9.82. The molecule has 1 aliphatic rings. The molecule has 0 spiro atoms. The lowest BCUT2D eigenvalue weighted by molar-refractivity contribution is 0.131. The SMILES string of the molecule is CC(C)CCC1(CCC(C)C)CCCN1C. The largest absolute Gasteiger partial charge is 0.301 e. The second kappa shape index (κ2) is 6.05. The van der Waals surface area contributed by atoms with Crippen LogP contribution in [0.3, 0.4) is 0 Å². The number of likely N-dealkylation sites (tertiary alicyclic amines) is 1. The van der Waals surface area contributed by atoms with Crippen LogP contribution in [0.2, 0.25) is 0 Å². The van der Waals surface area contributed by atoms with Crippen molar-refractivity contribution in [2.45, 2.75) is 71.8 Å². The first-order valence-corrected chi connectivity index (χ1v) is 7.17. The Balaban J connectivity index is 2.54. The van der Waals surface area contributed by atoms with Gasteiger partial charge in [-0.05, 0) is 64.0 Å². The second-order valence-corrected chi connectivity index (χ2v) is 6.61. The molecule has 0 amide bonds. The first-order chi connectivity index (χ1) is 7.46. The summed E-state index contributed by atoms with van der Waals surface area (Å²) >= 11 is 0. The molecule has 0 aromatic carbocycles. The van der Waals surface area contributed by atoms with E-state index in [1.807, 2.05) is 0 Å². The van der Waals surface area contributed by atoms with Gasteiger partial charge >= 0.3 is 0 Å². The van der Waals surface area contributed by atoms with Crippen LogP contribution >= 0.6 is 0 Å². The zero-order valence-electron chi connectivity index (χ0n) is 12.1. The smallest absolute Gasteiger partial charge is 0.0207 e. The van der Waals surface area contributed by atoms with Crippen LogP contribution in [0.5, 0.6) is 0 Å². The molecule has 1 heteroatoms. The maximum Gasteiger partial charge on any atom is 0.0207 e. The molecule has 16 heavy (non-hydrogen) atoms. The Morgan fingerprint density at radius 3 is 1.81 bits per heavy atom. The molecule has 0 aromatic rings. The van der Waals surface area contributed by atoms with E-state index in [9.17, 15) is 0 Å². The van der Waals surface area contributed by atoms with Gasteiger partial charge < -0.3 is 4.90 Å². The monoisotopic (exact) mass is 225 g/mol. The third-order valence-corrected chi connectivity index (χ3v) is 4.32. The Bertz CT molecular complexity index is 184. The predicted molar refractivity (Wildman–Crippen MR) is 72.7 cm³/mol. The third-order valence-electron chi connectivity index (χ3n) is 4.32. The summed E-state index contributed by atoms with van der Waals surface area (Å²) in [7, 11) is 2.34. The molecule has 96 valence electrons. The minimum absolute atomic E-state index is 0.550. The molecule has 0 saturated carbocycles. The van der Waals surface area contributed by atoms with Gasteiger partial charge in [-0.2, -0.15) is 0 Å². The molecule has 0 bridgehead atoms. The van der Waals surface area contributed by atoms with E-state index in [0.29, 0.717) is 5.54 Å². The molecule has 1 fully saturated rings. The zero-order chi connectivity index (χ0) is 12.2. The van der Waals surface area contributed by atoms with Gasteiger partial charge in [0.2, 0.25) is 0 Å². The van der Waals surface area contributed by atoms with Gasteiger partial charge in [-0.25, -0.2) is 0 Å². The Kier molecular flexibility index (Phi) is 5.30. The summed E-state index contributed by atoms with van der Waals surface area (Å²) in [5.74, 6) is 1.70. The lowest BCUT2D eigenvalue weighted by Crippen LogP contribution is -2.41. The van der Waals surface area contributed by atoms with E-state index in [0.717, 1.165) is 11.8 Å². The number of hydrogen-bond donors (Lipinski definition) is 0. The van der Waals surface area contributed by atoms with Gasteiger partial charge in [-0.1, -0.05) is 27.7 Å². The van der Waals surface area contributed by atoms with E-state index in [1.165, 1.54) is 45.1 Å². The van der Waals surface area contributed by atoms with Crippen molar-refractivity contribution in [2.75, 3.05) is 13.6 Å². The van der Waals surface area contributed by atoms with Crippen LogP contribution in [0.15, 0.2) is 0 Å². The molecule has 1 heterocycles. The average molecular weight is 225 g/mol. The molecule has 1 rings (SSSR count). The van der Waals surface area contributed by atoms with Crippen LogP contribution in [0.1, 0.15) is 66.2 Å². The van der Waals surface area contributed by atoms with Gasteiger partial charge in [-0.3, -0.25) is 0 Å². The highest BCUT2D eigenvalue weighted by molar-refractivity contribution is 4.94. The minimum atomic E-state index is 0.550. The molecular weight excluding hydrogens is 194 g/mol. The van der Waals surface area contributed by atoms with Crippen molar-refractivity contribution in [3.63, 3.8) is 0 Å². The number of nitrogens with zero attached hydrogens (tertiary/aromatic N) is 1. The van der Waals surface area contributed by atoms with Crippen molar-refractivity contribution < 1.29 is 0 Å². The van der Waals surface area contributed by atoms with Gasteiger partial charge in [0.25, 0.3) is 0 Å². The normalized spacial score (nSPS) is 21.2. The standard InChI is InChI=1S/C15H31N/c1-13(2)7-10-15(11-8-14(3)4)9-6-12-16(15)5/h13-14H,6-12H2,1-5H3. The summed E-state index contributed by atoms with van der Waals surface area (Å²) in [4.78, 5) is 2.65. The Labute approximate surface area is 103 Å². The van der Waals surface area contributed by atoms with Gasteiger partial charge in [0.15, 0.2) is 0 Å². The fraction of sp³-hybridized carbons (Fsp3) is 1.00. The first-order valence-electron chi connectivity index (χ1n) is 7.17. The highest BCUT2D eigenvalue weighted by atomic mass is 15.2. The fourth-order valence-corrected chi connectivity index (χ4v) is 2.94. The lowest BCUT2D eigenvalue weighted by Gasteiger charge is -2.38. The quantitative estimate of drug-likeness (QED) is 0.650. The zero-order valence-corrected chi connectivity index (χ0v) is 12.1. The summed E-state index contributed by atoms with van der Waals surface area (Å²) in [6.07, 6.45) is 8.45. The molecule has 1 nitrogen and oxygen atoms in total. The van der Waals surface area contributed by atoms with Crippen LogP contribution in [-0.2, 0) is 0 Å². The molecule has 0 aliphatic carbocycles. The highest BCUT2D eigenvalue weighted by Gasteiger charge is 2.37. The molecule has 0 aromatic heterocycles. The summed E-state index contributed by atoms with van der Waals surface area (Å²) in [5.41, 5.74) is 0.550. The maximum atomic E-state index is 2.65.